The molecule has 0 heterocycles. The molecule has 0 nitrogen and oxygen atoms in total. The Kier molecular flexibility index (Phi) is 9.16. The minimum atomic E-state index is -1.54. The maximum atomic E-state index is 7.14. The molecule has 4 aromatic carbocycles. The van der Waals surface area contributed by atoms with Crippen molar-refractivity contribution in [1.29, 1.82) is 0 Å². The first-order valence-corrected chi connectivity index (χ1v) is 17.8. The summed E-state index contributed by atoms with van der Waals surface area (Å²) in [6, 6.07) is 44.2. The van der Waals surface area contributed by atoms with E-state index in [2.05, 4.69) is 121 Å². The predicted octanol–water partition coefficient (Wildman–Crippen LogP) is 4.92. The van der Waals surface area contributed by atoms with Gasteiger partial charge in [-0.2, -0.15) is 0 Å². The minimum absolute atomic E-state index is 0.238. The molecule has 4 aromatic rings. The maximum absolute atomic E-state index is 7.14. The molecule has 1 unspecified atom stereocenters. The summed E-state index contributed by atoms with van der Waals surface area (Å²) in [5, 5.41) is 1.30. The first-order chi connectivity index (χ1) is 15.8. The molecular formula is C29H29As2Cl. The van der Waals surface area contributed by atoms with Crippen LogP contribution in [0.2, 0.25) is 5.21 Å². The van der Waals surface area contributed by atoms with Crippen molar-refractivity contribution in [3.63, 3.8) is 0 Å². The van der Waals surface area contributed by atoms with Crippen molar-refractivity contribution >= 4 is 58.3 Å². The summed E-state index contributed by atoms with van der Waals surface area (Å²) in [6.45, 7) is 0. The molecule has 0 aliphatic carbocycles. The average Bonchev–Trinajstić information content (AvgIpc) is 2.87. The number of halogens is 1. The van der Waals surface area contributed by atoms with E-state index >= 15 is 0 Å². The van der Waals surface area contributed by atoms with Crippen molar-refractivity contribution in [2.75, 3.05) is 0 Å². The monoisotopic (exact) mass is 562 g/mol. The van der Waals surface area contributed by atoms with Crippen LogP contribution in [0.1, 0.15) is 19.3 Å². The molecule has 1 atom stereocenters. The van der Waals surface area contributed by atoms with Gasteiger partial charge in [-0.1, -0.05) is 0 Å². The van der Waals surface area contributed by atoms with Crippen LogP contribution in [-0.4, -0.2) is 33.5 Å². The quantitative estimate of drug-likeness (QED) is 0.146. The first kappa shape index (κ1) is 23.4. The van der Waals surface area contributed by atoms with Crippen LogP contribution in [-0.2, 0) is 0 Å². The van der Waals surface area contributed by atoms with Crippen molar-refractivity contribution in [2.45, 2.75) is 28.6 Å². The predicted molar refractivity (Wildman–Crippen MR) is 144 cm³/mol. The zero-order valence-corrected chi connectivity index (χ0v) is 22.7. The summed E-state index contributed by atoms with van der Waals surface area (Å²) >= 11 is 4.33. The summed E-state index contributed by atoms with van der Waals surface area (Å²) in [5.41, 5.74) is 0. The van der Waals surface area contributed by atoms with Gasteiger partial charge < -0.3 is 0 Å². The van der Waals surface area contributed by atoms with Crippen molar-refractivity contribution in [3.05, 3.63) is 121 Å². The van der Waals surface area contributed by atoms with Crippen LogP contribution in [0.15, 0.2) is 121 Å². The molecule has 0 saturated heterocycles. The Labute approximate surface area is 207 Å². The normalized spacial score (nSPS) is 12.2. The summed E-state index contributed by atoms with van der Waals surface area (Å²) in [4.78, 5) is 0. The molecular weight excluding hydrogens is 534 g/mol. The van der Waals surface area contributed by atoms with Crippen molar-refractivity contribution < 1.29 is 0 Å². The van der Waals surface area contributed by atoms with Crippen molar-refractivity contribution in [3.8, 4) is 0 Å². The fourth-order valence-electron chi connectivity index (χ4n) is 3.98. The molecule has 0 amide bonds. The van der Waals surface area contributed by atoms with Crippen LogP contribution < -0.4 is 17.4 Å². The van der Waals surface area contributed by atoms with Gasteiger partial charge >= 0.3 is 208 Å². The van der Waals surface area contributed by atoms with Gasteiger partial charge in [0, 0.05) is 0 Å². The third-order valence-electron chi connectivity index (χ3n) is 5.56. The standard InChI is InChI=1S/C29H29As2Cl/c32-29(31(27-19-9-3-10-20-27)28-21-11-4-12-22-28)23-13-14-24-30(25-15-5-1-6-16-25)26-17-7-2-8-18-26/h1-12,15-22,29H,13-14,23-24H2. The van der Waals surface area contributed by atoms with E-state index in [1.165, 1.54) is 26.8 Å². The topological polar surface area (TPSA) is 0 Å². The van der Waals surface area contributed by atoms with E-state index < -0.39 is 29.3 Å². The average molecular weight is 563 g/mol. The van der Waals surface area contributed by atoms with Crippen LogP contribution in [0.25, 0.3) is 0 Å². The third-order valence-corrected chi connectivity index (χ3v) is 17.6. The molecule has 32 heavy (non-hydrogen) atoms. The second-order valence-electron chi connectivity index (χ2n) is 7.79. The summed E-state index contributed by atoms with van der Waals surface area (Å²) in [7, 11) is 0. The molecule has 0 aliphatic heterocycles. The molecule has 0 fully saturated rings. The van der Waals surface area contributed by atoms with Crippen LogP contribution in [0.3, 0.4) is 0 Å². The molecule has 162 valence electrons. The van der Waals surface area contributed by atoms with E-state index in [0.717, 1.165) is 6.42 Å². The summed E-state index contributed by atoms with van der Waals surface area (Å²) in [5.74, 6) is 0. The summed E-state index contributed by atoms with van der Waals surface area (Å²) in [6.07, 6.45) is 3.54. The Bertz CT molecular complexity index is 961. The van der Waals surface area contributed by atoms with Gasteiger partial charge in [-0.3, -0.25) is 0 Å². The summed E-state index contributed by atoms with van der Waals surface area (Å²) < 4.78 is 6.24. The Hall–Kier alpha value is -1.71. The molecule has 0 N–H and O–H groups in total. The fourth-order valence-corrected chi connectivity index (χ4v) is 15.4. The molecule has 0 aliphatic rings. The fraction of sp³-hybridized carbons (Fsp3) is 0.172. The van der Waals surface area contributed by atoms with Gasteiger partial charge in [-0.05, 0) is 0 Å². The van der Waals surface area contributed by atoms with Crippen molar-refractivity contribution in [1.82, 2.24) is 0 Å². The van der Waals surface area contributed by atoms with Gasteiger partial charge in [0.2, 0.25) is 0 Å². The van der Waals surface area contributed by atoms with E-state index in [1.54, 1.807) is 8.70 Å². The van der Waals surface area contributed by atoms with Crippen molar-refractivity contribution in [2.24, 2.45) is 0 Å². The van der Waals surface area contributed by atoms with E-state index in [4.69, 9.17) is 11.6 Å². The van der Waals surface area contributed by atoms with E-state index in [0.29, 0.717) is 0 Å². The molecule has 4 rings (SSSR count). The van der Waals surface area contributed by atoms with Gasteiger partial charge in [0.05, 0.1) is 0 Å². The first-order valence-electron chi connectivity index (χ1n) is 11.2. The molecule has 0 aromatic heterocycles. The number of alkyl halides is 1. The number of benzene rings is 4. The molecule has 0 saturated carbocycles. The number of unbranched alkanes of at least 4 members (excludes halogenated alkanes) is 1. The number of rotatable bonds is 10. The van der Waals surface area contributed by atoms with Crippen LogP contribution in [0, 0.1) is 0 Å². The molecule has 0 spiro atoms. The SMILES string of the molecule is ClC(CCCC[As](c1ccccc1)c1ccccc1)[As](c1ccccc1)c1ccccc1. The second kappa shape index (κ2) is 12.5. The van der Waals surface area contributed by atoms with E-state index in [1.807, 2.05) is 0 Å². The van der Waals surface area contributed by atoms with Gasteiger partial charge in [0.1, 0.15) is 0 Å². The van der Waals surface area contributed by atoms with Gasteiger partial charge in [-0.15, -0.1) is 0 Å². The molecule has 0 bridgehead atoms. The van der Waals surface area contributed by atoms with Crippen LogP contribution in [0.5, 0.6) is 0 Å². The van der Waals surface area contributed by atoms with Gasteiger partial charge in [0.25, 0.3) is 0 Å². The second-order valence-corrected chi connectivity index (χ2v) is 18.9. The van der Waals surface area contributed by atoms with Crippen LogP contribution >= 0.6 is 11.6 Å². The number of hydrogen-bond acceptors (Lipinski definition) is 0. The zero-order chi connectivity index (χ0) is 22.0. The van der Waals surface area contributed by atoms with Gasteiger partial charge in [0.15, 0.2) is 0 Å². The Morgan fingerprint density at radius 3 is 1.28 bits per heavy atom. The third kappa shape index (κ3) is 6.42. The molecule has 0 radical (unpaired) electrons. The Balaban J connectivity index is 1.42. The van der Waals surface area contributed by atoms with Gasteiger partial charge in [-0.25, -0.2) is 0 Å². The Morgan fingerprint density at radius 1 is 0.500 bits per heavy atom. The van der Waals surface area contributed by atoms with Crippen LogP contribution in [0.4, 0.5) is 0 Å². The number of hydrogen-bond donors (Lipinski definition) is 0. The zero-order valence-electron chi connectivity index (χ0n) is 18.2. The van der Waals surface area contributed by atoms with E-state index in [9.17, 15) is 0 Å². The molecule has 3 heteroatoms. The Morgan fingerprint density at radius 2 is 0.875 bits per heavy atom. The van der Waals surface area contributed by atoms with E-state index in [-0.39, 0.29) is 4.16 Å².